The quantitative estimate of drug-likeness (QED) is 0.641. The number of carbonyl (C=O) groups is 1. The second-order valence-electron chi connectivity index (χ2n) is 11.4. The number of rotatable bonds is 4. The number of carboxylic acids is 1. The summed E-state index contributed by atoms with van der Waals surface area (Å²) >= 11 is 0. The lowest BCUT2D eigenvalue weighted by Crippen LogP contribution is -2.63. The molecule has 4 unspecified atom stereocenters. The highest BCUT2D eigenvalue weighted by molar-refractivity contribution is 5.66. The van der Waals surface area contributed by atoms with E-state index < -0.39 is 24.3 Å². The van der Waals surface area contributed by atoms with Crippen molar-refractivity contribution in [3.8, 4) is 0 Å². The van der Waals surface area contributed by atoms with E-state index in [1.54, 1.807) is 0 Å². The zero-order chi connectivity index (χ0) is 21.1. The van der Waals surface area contributed by atoms with Crippen LogP contribution < -0.4 is 0 Å². The number of hydrogen-bond donors (Lipinski definition) is 3. The molecule has 0 aromatic carbocycles. The van der Waals surface area contributed by atoms with Crippen molar-refractivity contribution in [2.24, 2.45) is 46.3 Å². The number of aliphatic hydroxyl groups excluding tert-OH is 2. The lowest BCUT2D eigenvalue weighted by Gasteiger charge is -2.63. The molecule has 0 heterocycles. The molecule has 4 nitrogen and oxygen atoms in total. The van der Waals surface area contributed by atoms with Gasteiger partial charge in [-0.25, -0.2) is 4.39 Å². The number of aliphatic carboxylic acids is 1. The molecule has 11 atom stereocenters. The molecule has 0 bridgehead atoms. The Morgan fingerprint density at radius 2 is 1.69 bits per heavy atom. The maximum atomic E-state index is 15.5. The Hall–Kier alpha value is -0.680. The van der Waals surface area contributed by atoms with Crippen LogP contribution in [0.2, 0.25) is 0 Å². The molecule has 0 amide bonds. The maximum Gasteiger partial charge on any atom is 0.303 e. The zero-order valence-corrected chi connectivity index (χ0v) is 18.2. The summed E-state index contributed by atoms with van der Waals surface area (Å²) in [6.07, 6.45) is 4.57. The van der Waals surface area contributed by atoms with Gasteiger partial charge >= 0.3 is 5.97 Å². The lowest BCUT2D eigenvalue weighted by molar-refractivity contribution is -0.206. The van der Waals surface area contributed by atoms with E-state index in [1.165, 1.54) is 0 Å². The Labute approximate surface area is 174 Å². The Balaban J connectivity index is 1.59. The van der Waals surface area contributed by atoms with Crippen LogP contribution in [-0.2, 0) is 4.79 Å². The SMILES string of the molecule is C[C@H](CCC(=O)O)[C@H]1CCC2C3C(O)[C@@H](F)[C@@H]4C[C@H](O)CC[C@]4(C)C3CC[C@@]21C. The van der Waals surface area contributed by atoms with Crippen molar-refractivity contribution in [1.29, 1.82) is 0 Å². The summed E-state index contributed by atoms with van der Waals surface area (Å²) < 4.78 is 15.5. The smallest absolute Gasteiger partial charge is 0.303 e. The van der Waals surface area contributed by atoms with Gasteiger partial charge in [-0.2, -0.15) is 0 Å². The van der Waals surface area contributed by atoms with Crippen LogP contribution in [0.4, 0.5) is 4.39 Å². The van der Waals surface area contributed by atoms with Crippen LogP contribution in [0.1, 0.15) is 78.6 Å². The van der Waals surface area contributed by atoms with Gasteiger partial charge in [0.2, 0.25) is 0 Å². The number of carboxylic acid groups (broad SMARTS) is 1. The third-order valence-electron chi connectivity index (χ3n) is 10.2. The summed E-state index contributed by atoms with van der Waals surface area (Å²) in [5, 5.41) is 30.4. The molecule has 0 aliphatic heterocycles. The largest absolute Gasteiger partial charge is 0.481 e. The van der Waals surface area contributed by atoms with E-state index >= 15 is 4.39 Å². The number of fused-ring (bicyclic) bond motifs is 5. The number of halogens is 1. The van der Waals surface area contributed by atoms with Crippen molar-refractivity contribution in [1.82, 2.24) is 0 Å². The van der Waals surface area contributed by atoms with Crippen molar-refractivity contribution in [3.63, 3.8) is 0 Å². The van der Waals surface area contributed by atoms with E-state index in [2.05, 4.69) is 20.8 Å². The van der Waals surface area contributed by atoms with Gasteiger partial charge in [0.25, 0.3) is 0 Å². The number of aliphatic hydroxyl groups is 2. The highest BCUT2D eigenvalue weighted by Crippen LogP contribution is 2.68. The van der Waals surface area contributed by atoms with E-state index in [-0.39, 0.29) is 29.1 Å². The predicted molar refractivity (Wildman–Crippen MR) is 109 cm³/mol. The fourth-order valence-electron chi connectivity index (χ4n) is 8.72. The molecule has 4 aliphatic rings. The van der Waals surface area contributed by atoms with Crippen LogP contribution in [0.3, 0.4) is 0 Å². The van der Waals surface area contributed by atoms with Gasteiger partial charge in [-0.1, -0.05) is 20.8 Å². The minimum absolute atomic E-state index is 0.00285. The monoisotopic (exact) mass is 410 g/mol. The molecule has 0 aromatic heterocycles. The Bertz CT molecular complexity index is 640. The van der Waals surface area contributed by atoms with Crippen molar-refractivity contribution in [2.45, 2.75) is 96.9 Å². The lowest BCUT2D eigenvalue weighted by atomic mass is 9.43. The van der Waals surface area contributed by atoms with E-state index in [0.29, 0.717) is 36.5 Å². The first-order chi connectivity index (χ1) is 13.6. The molecular weight excluding hydrogens is 371 g/mol. The average Bonchev–Trinajstić information content (AvgIpc) is 3.02. The van der Waals surface area contributed by atoms with Gasteiger partial charge in [-0.15, -0.1) is 0 Å². The summed E-state index contributed by atoms with van der Waals surface area (Å²) in [5.74, 6) is 0.464. The van der Waals surface area contributed by atoms with E-state index in [4.69, 9.17) is 5.11 Å². The molecular formula is C24H39FO4. The molecule has 0 aromatic rings. The first kappa shape index (κ1) is 21.5. The number of hydrogen-bond acceptors (Lipinski definition) is 3. The molecule has 4 aliphatic carbocycles. The molecule has 29 heavy (non-hydrogen) atoms. The normalized spacial score (nSPS) is 52.9. The van der Waals surface area contributed by atoms with E-state index in [9.17, 15) is 15.0 Å². The molecule has 166 valence electrons. The Morgan fingerprint density at radius 1 is 1.03 bits per heavy atom. The maximum absolute atomic E-state index is 15.5. The average molecular weight is 411 g/mol. The summed E-state index contributed by atoms with van der Waals surface area (Å²) in [6, 6.07) is 0. The molecule has 0 spiro atoms. The minimum atomic E-state index is -1.25. The van der Waals surface area contributed by atoms with Gasteiger partial charge in [0.15, 0.2) is 0 Å². The molecule has 0 saturated heterocycles. The minimum Gasteiger partial charge on any atom is -0.481 e. The van der Waals surface area contributed by atoms with Crippen molar-refractivity contribution in [2.75, 3.05) is 0 Å². The van der Waals surface area contributed by atoms with Gasteiger partial charge in [0.05, 0.1) is 12.2 Å². The fourth-order valence-corrected chi connectivity index (χ4v) is 8.72. The van der Waals surface area contributed by atoms with Crippen LogP contribution >= 0.6 is 0 Å². The van der Waals surface area contributed by atoms with E-state index in [0.717, 1.165) is 38.5 Å². The third-order valence-corrected chi connectivity index (χ3v) is 10.2. The van der Waals surface area contributed by atoms with Gasteiger partial charge in [-0.05, 0) is 91.8 Å². The fraction of sp³-hybridized carbons (Fsp3) is 0.958. The molecule has 4 rings (SSSR count). The van der Waals surface area contributed by atoms with Crippen LogP contribution in [0.25, 0.3) is 0 Å². The summed E-state index contributed by atoms with van der Waals surface area (Å²) in [4.78, 5) is 11.0. The molecule has 4 saturated carbocycles. The third kappa shape index (κ3) is 3.26. The van der Waals surface area contributed by atoms with Gasteiger partial charge < -0.3 is 15.3 Å². The highest BCUT2D eigenvalue weighted by atomic mass is 19.1. The zero-order valence-electron chi connectivity index (χ0n) is 18.2. The van der Waals surface area contributed by atoms with Gasteiger partial charge in [0.1, 0.15) is 6.17 Å². The summed E-state index contributed by atoms with van der Waals surface area (Å²) in [5.41, 5.74) is -0.0615. The Kier molecular flexibility index (Phi) is 5.55. The van der Waals surface area contributed by atoms with Crippen molar-refractivity contribution < 1.29 is 24.5 Å². The first-order valence-corrected chi connectivity index (χ1v) is 11.8. The molecule has 5 heteroatoms. The Morgan fingerprint density at radius 3 is 2.38 bits per heavy atom. The van der Waals surface area contributed by atoms with Crippen LogP contribution in [-0.4, -0.2) is 39.7 Å². The standard InChI is InChI=1S/C24H39FO4/c1-13(4-7-19(27)28)15-5-6-16-20-17(9-11-23(15,16)2)24(3)10-8-14(26)12-18(24)21(25)22(20)29/h13-18,20-22,26,29H,4-12H2,1-3H3,(H,27,28)/t13-,14-,15-,16?,17?,18+,20?,21+,22?,23-,24-/m1/s1. The summed E-state index contributed by atoms with van der Waals surface area (Å²) in [7, 11) is 0. The summed E-state index contributed by atoms with van der Waals surface area (Å²) in [6.45, 7) is 6.74. The second kappa shape index (κ2) is 7.47. The molecule has 4 fully saturated rings. The molecule has 0 radical (unpaired) electrons. The topological polar surface area (TPSA) is 77.8 Å². The van der Waals surface area contributed by atoms with Crippen molar-refractivity contribution >= 4 is 5.97 Å². The van der Waals surface area contributed by atoms with Crippen LogP contribution in [0.15, 0.2) is 0 Å². The van der Waals surface area contributed by atoms with Crippen LogP contribution in [0.5, 0.6) is 0 Å². The van der Waals surface area contributed by atoms with Crippen molar-refractivity contribution in [3.05, 3.63) is 0 Å². The highest BCUT2D eigenvalue weighted by Gasteiger charge is 2.65. The molecule has 3 N–H and O–H groups in total. The van der Waals surface area contributed by atoms with Crippen LogP contribution in [0, 0.1) is 46.3 Å². The van der Waals surface area contributed by atoms with Gasteiger partial charge in [0, 0.05) is 12.3 Å². The second-order valence-corrected chi connectivity index (χ2v) is 11.4. The van der Waals surface area contributed by atoms with E-state index in [1.807, 2.05) is 0 Å². The first-order valence-electron chi connectivity index (χ1n) is 11.8. The number of alkyl halides is 1. The predicted octanol–water partition coefficient (Wildman–Crippen LogP) is 4.43. The van der Waals surface area contributed by atoms with Gasteiger partial charge in [-0.3, -0.25) is 4.79 Å².